The second-order valence-corrected chi connectivity index (χ2v) is 5.19. The summed E-state index contributed by atoms with van der Waals surface area (Å²) in [6, 6.07) is 0. The molecule has 0 aliphatic carbocycles. The number of aromatic hydroxyl groups is 1. The fourth-order valence-electron chi connectivity index (χ4n) is 1.41. The van der Waals surface area contributed by atoms with E-state index >= 15 is 0 Å². The Labute approximate surface area is 93.3 Å². The largest absolute Gasteiger partial charge is 0.492 e. The molecule has 0 aromatic carbocycles. The monoisotopic (exact) mass is 276 g/mol. The van der Waals surface area contributed by atoms with Crippen LogP contribution in [0.25, 0.3) is 0 Å². The van der Waals surface area contributed by atoms with E-state index in [0.717, 1.165) is 18.6 Å². The third kappa shape index (κ3) is 1.81. The average Bonchev–Trinajstić information content (AvgIpc) is 2.66. The van der Waals surface area contributed by atoms with Crippen molar-refractivity contribution >= 4 is 27.7 Å². The van der Waals surface area contributed by atoms with Crippen LogP contribution in [0.15, 0.2) is 9.27 Å². The van der Waals surface area contributed by atoms with Gasteiger partial charge in [0.05, 0.1) is 5.25 Å². The molecule has 0 radical (unpaired) electrons. The van der Waals surface area contributed by atoms with Crippen molar-refractivity contribution in [2.75, 3.05) is 5.75 Å². The maximum atomic E-state index is 11.3. The third-order valence-electron chi connectivity index (χ3n) is 2.10. The van der Waals surface area contributed by atoms with Gasteiger partial charge in [-0.05, 0) is 34.5 Å². The lowest BCUT2D eigenvalue weighted by atomic mass is 10.2. The average molecular weight is 277 g/mol. The van der Waals surface area contributed by atoms with E-state index in [1.54, 1.807) is 11.8 Å². The lowest BCUT2D eigenvalue weighted by Gasteiger charge is -2.07. The molecule has 1 aliphatic heterocycles. The van der Waals surface area contributed by atoms with Crippen LogP contribution < -0.4 is 5.56 Å². The van der Waals surface area contributed by atoms with Crippen molar-refractivity contribution < 1.29 is 5.11 Å². The zero-order valence-electron chi connectivity index (χ0n) is 7.29. The Balaban J connectivity index is 2.39. The van der Waals surface area contributed by atoms with Crippen LogP contribution in [0.3, 0.4) is 0 Å². The molecule has 4 nitrogen and oxygen atoms in total. The van der Waals surface area contributed by atoms with Gasteiger partial charge < -0.3 is 10.1 Å². The number of rotatable bonds is 1. The number of H-pyrrole nitrogens is 1. The number of hydrogen-bond acceptors (Lipinski definition) is 4. The van der Waals surface area contributed by atoms with E-state index in [1.807, 2.05) is 0 Å². The topological polar surface area (TPSA) is 66.0 Å². The lowest BCUT2D eigenvalue weighted by Crippen LogP contribution is -2.13. The van der Waals surface area contributed by atoms with Crippen molar-refractivity contribution in [1.29, 1.82) is 0 Å². The highest BCUT2D eigenvalue weighted by molar-refractivity contribution is 9.10. The molecule has 1 unspecified atom stereocenters. The van der Waals surface area contributed by atoms with Crippen LogP contribution in [0.5, 0.6) is 5.88 Å². The predicted octanol–water partition coefficient (Wildman–Crippen LogP) is 1.81. The summed E-state index contributed by atoms with van der Waals surface area (Å²) in [7, 11) is 0. The molecule has 14 heavy (non-hydrogen) atoms. The Morgan fingerprint density at radius 3 is 3.00 bits per heavy atom. The number of nitrogens with zero attached hydrogens (tertiary/aromatic N) is 1. The summed E-state index contributed by atoms with van der Waals surface area (Å²) in [4.78, 5) is 17.9. The van der Waals surface area contributed by atoms with Crippen molar-refractivity contribution in [3.8, 4) is 5.88 Å². The Morgan fingerprint density at radius 1 is 1.64 bits per heavy atom. The Bertz CT molecular complexity index is 401. The van der Waals surface area contributed by atoms with E-state index in [-0.39, 0.29) is 21.2 Å². The molecule has 6 heteroatoms. The van der Waals surface area contributed by atoms with E-state index in [1.165, 1.54) is 0 Å². The number of thioether (sulfide) groups is 1. The minimum Gasteiger partial charge on any atom is -0.492 e. The number of nitrogens with one attached hydrogen (secondary N) is 1. The molecule has 1 saturated heterocycles. The quantitative estimate of drug-likeness (QED) is 0.821. The number of halogens is 1. The van der Waals surface area contributed by atoms with Gasteiger partial charge in [-0.1, -0.05) is 0 Å². The van der Waals surface area contributed by atoms with Gasteiger partial charge in [-0.3, -0.25) is 4.79 Å². The summed E-state index contributed by atoms with van der Waals surface area (Å²) in [5.74, 6) is 1.44. The lowest BCUT2D eigenvalue weighted by molar-refractivity contribution is 0.443. The number of hydrogen-bond donors (Lipinski definition) is 2. The smallest absolute Gasteiger partial charge is 0.269 e. The standard InChI is InChI=1S/C8H9BrN2O2S/c9-5-7(12)10-6(11-8(5)13)4-2-1-3-14-4/h4H,1-3H2,(H2,10,11,12,13). The summed E-state index contributed by atoms with van der Waals surface area (Å²) in [6.07, 6.45) is 2.14. The molecule has 1 aromatic heterocycles. The Hall–Kier alpha value is -0.490. The molecule has 2 heterocycles. The van der Waals surface area contributed by atoms with E-state index < -0.39 is 0 Å². The summed E-state index contributed by atoms with van der Waals surface area (Å²) >= 11 is 4.72. The van der Waals surface area contributed by atoms with Gasteiger partial charge in [0, 0.05) is 0 Å². The summed E-state index contributed by atoms with van der Waals surface area (Å²) in [5.41, 5.74) is -0.319. The third-order valence-corrected chi connectivity index (χ3v) is 4.20. The number of aromatic nitrogens is 2. The fourth-order valence-corrected chi connectivity index (χ4v) is 2.82. The summed E-state index contributed by atoms with van der Waals surface area (Å²) in [6.45, 7) is 0. The molecule has 0 saturated carbocycles. The molecule has 1 aromatic rings. The molecular weight excluding hydrogens is 268 g/mol. The first-order valence-corrected chi connectivity index (χ1v) is 6.13. The van der Waals surface area contributed by atoms with Crippen LogP contribution in [0, 0.1) is 0 Å². The second kappa shape index (κ2) is 3.94. The first kappa shape index (κ1) is 10.0. The minimum absolute atomic E-state index is 0.101. The van der Waals surface area contributed by atoms with Crippen molar-refractivity contribution in [2.45, 2.75) is 18.1 Å². The molecule has 0 bridgehead atoms. The minimum atomic E-state index is -0.319. The highest BCUT2D eigenvalue weighted by atomic mass is 79.9. The first-order chi connectivity index (χ1) is 6.68. The van der Waals surface area contributed by atoms with Crippen LogP contribution in [0.4, 0.5) is 0 Å². The van der Waals surface area contributed by atoms with Crippen molar-refractivity contribution in [3.63, 3.8) is 0 Å². The van der Waals surface area contributed by atoms with Gasteiger partial charge in [-0.2, -0.15) is 16.7 Å². The zero-order chi connectivity index (χ0) is 10.1. The molecule has 2 N–H and O–H groups in total. The zero-order valence-corrected chi connectivity index (χ0v) is 9.69. The van der Waals surface area contributed by atoms with Gasteiger partial charge in [-0.15, -0.1) is 0 Å². The van der Waals surface area contributed by atoms with Crippen LogP contribution in [-0.4, -0.2) is 20.8 Å². The van der Waals surface area contributed by atoms with Gasteiger partial charge >= 0.3 is 0 Å². The molecule has 0 spiro atoms. The maximum Gasteiger partial charge on any atom is 0.269 e. The van der Waals surface area contributed by atoms with Crippen LogP contribution in [0.1, 0.15) is 23.9 Å². The van der Waals surface area contributed by atoms with E-state index in [2.05, 4.69) is 25.9 Å². The van der Waals surface area contributed by atoms with Gasteiger partial charge in [0.15, 0.2) is 0 Å². The molecule has 1 aliphatic rings. The Kier molecular flexibility index (Phi) is 2.83. The molecular formula is C8H9BrN2O2S. The van der Waals surface area contributed by atoms with E-state index in [4.69, 9.17) is 0 Å². The molecule has 76 valence electrons. The second-order valence-electron chi connectivity index (χ2n) is 3.09. The van der Waals surface area contributed by atoms with Gasteiger partial charge in [-0.25, -0.2) is 0 Å². The fraction of sp³-hybridized carbons (Fsp3) is 0.500. The van der Waals surface area contributed by atoms with Gasteiger partial charge in [0.2, 0.25) is 5.88 Å². The number of aromatic amines is 1. The SMILES string of the molecule is O=c1[nH]c(C2CCCS2)nc(O)c1Br. The highest BCUT2D eigenvalue weighted by Crippen LogP contribution is 2.38. The highest BCUT2D eigenvalue weighted by Gasteiger charge is 2.21. The van der Waals surface area contributed by atoms with Crippen LogP contribution in [0.2, 0.25) is 0 Å². The van der Waals surface area contributed by atoms with Crippen LogP contribution in [-0.2, 0) is 0 Å². The molecule has 1 atom stereocenters. The molecule has 0 amide bonds. The van der Waals surface area contributed by atoms with Crippen molar-refractivity contribution in [2.24, 2.45) is 0 Å². The summed E-state index contributed by atoms with van der Waals surface area (Å²) < 4.78 is 0.101. The first-order valence-electron chi connectivity index (χ1n) is 4.29. The normalized spacial score (nSPS) is 21.4. The Morgan fingerprint density at radius 2 is 2.43 bits per heavy atom. The summed E-state index contributed by atoms with van der Waals surface area (Å²) in [5, 5.41) is 9.58. The molecule has 1 fully saturated rings. The van der Waals surface area contributed by atoms with Crippen molar-refractivity contribution in [1.82, 2.24) is 9.97 Å². The van der Waals surface area contributed by atoms with Crippen LogP contribution >= 0.6 is 27.7 Å². The van der Waals surface area contributed by atoms with E-state index in [0.29, 0.717) is 5.82 Å². The maximum absolute atomic E-state index is 11.3. The van der Waals surface area contributed by atoms with E-state index in [9.17, 15) is 9.90 Å². The van der Waals surface area contributed by atoms with Gasteiger partial charge in [0.1, 0.15) is 10.3 Å². The van der Waals surface area contributed by atoms with Crippen molar-refractivity contribution in [3.05, 3.63) is 20.7 Å². The predicted molar refractivity (Wildman–Crippen MR) is 58.7 cm³/mol. The molecule has 2 rings (SSSR count). The van der Waals surface area contributed by atoms with Gasteiger partial charge in [0.25, 0.3) is 5.56 Å².